The molecule has 0 aromatic carbocycles. The summed E-state index contributed by atoms with van der Waals surface area (Å²) in [6, 6.07) is 0.865. The van der Waals surface area contributed by atoms with E-state index >= 15 is 0 Å². The molecule has 80 valence electrons. The standard InChI is InChI=1S/C12H22N2/c1-5-11(4)14-8-6-7-13-12(9-14)10(2)3/h1,10-13H,6-9H2,2-4H3. The monoisotopic (exact) mass is 194 g/mol. The van der Waals surface area contributed by atoms with E-state index in [2.05, 4.69) is 36.9 Å². The first kappa shape index (κ1) is 11.6. The quantitative estimate of drug-likeness (QED) is 0.667. The van der Waals surface area contributed by atoms with Crippen LogP contribution in [0.3, 0.4) is 0 Å². The zero-order valence-electron chi connectivity index (χ0n) is 9.59. The Bertz CT molecular complexity index is 205. The average molecular weight is 194 g/mol. The summed E-state index contributed by atoms with van der Waals surface area (Å²) in [6.07, 6.45) is 6.67. The third kappa shape index (κ3) is 3.01. The van der Waals surface area contributed by atoms with Gasteiger partial charge in [0.15, 0.2) is 0 Å². The van der Waals surface area contributed by atoms with Gasteiger partial charge in [-0.2, -0.15) is 0 Å². The predicted molar refractivity (Wildman–Crippen MR) is 61.1 cm³/mol. The summed E-state index contributed by atoms with van der Waals surface area (Å²) in [5.41, 5.74) is 0. The Balaban J connectivity index is 2.56. The van der Waals surface area contributed by atoms with Crippen LogP contribution in [-0.2, 0) is 0 Å². The molecule has 0 spiro atoms. The number of hydrogen-bond donors (Lipinski definition) is 1. The summed E-state index contributed by atoms with van der Waals surface area (Å²) in [7, 11) is 0. The summed E-state index contributed by atoms with van der Waals surface area (Å²) in [5, 5.41) is 3.58. The van der Waals surface area contributed by atoms with Crippen molar-refractivity contribution in [3.8, 4) is 12.3 Å². The molecule has 2 heteroatoms. The van der Waals surface area contributed by atoms with Gasteiger partial charge in [0.1, 0.15) is 0 Å². The van der Waals surface area contributed by atoms with Crippen molar-refractivity contribution in [3.63, 3.8) is 0 Å². The molecule has 1 saturated heterocycles. The Morgan fingerprint density at radius 2 is 2.14 bits per heavy atom. The van der Waals surface area contributed by atoms with Gasteiger partial charge in [-0.05, 0) is 25.8 Å². The fourth-order valence-electron chi connectivity index (χ4n) is 1.88. The molecule has 1 fully saturated rings. The fraction of sp³-hybridized carbons (Fsp3) is 0.833. The summed E-state index contributed by atoms with van der Waals surface area (Å²) >= 11 is 0. The van der Waals surface area contributed by atoms with E-state index in [1.165, 1.54) is 6.42 Å². The minimum atomic E-state index is 0.274. The van der Waals surface area contributed by atoms with E-state index in [9.17, 15) is 0 Å². The molecule has 1 heterocycles. The van der Waals surface area contributed by atoms with Gasteiger partial charge >= 0.3 is 0 Å². The average Bonchev–Trinajstić information content (AvgIpc) is 2.41. The third-order valence-corrected chi connectivity index (χ3v) is 3.05. The van der Waals surface area contributed by atoms with Gasteiger partial charge in [0, 0.05) is 19.1 Å². The lowest BCUT2D eigenvalue weighted by atomic mass is 10.0. The Kier molecular flexibility index (Phi) is 4.44. The largest absolute Gasteiger partial charge is 0.312 e. The SMILES string of the molecule is C#CC(C)N1CCCNC(C(C)C)C1. The minimum absolute atomic E-state index is 0.274. The van der Waals surface area contributed by atoms with Crippen LogP contribution in [0.15, 0.2) is 0 Å². The van der Waals surface area contributed by atoms with Crippen LogP contribution >= 0.6 is 0 Å². The Morgan fingerprint density at radius 3 is 2.71 bits per heavy atom. The molecule has 0 aromatic rings. The zero-order chi connectivity index (χ0) is 10.6. The maximum absolute atomic E-state index is 5.46. The molecular weight excluding hydrogens is 172 g/mol. The van der Waals surface area contributed by atoms with Gasteiger partial charge in [-0.3, -0.25) is 4.90 Å². The van der Waals surface area contributed by atoms with Gasteiger partial charge in [-0.1, -0.05) is 19.8 Å². The van der Waals surface area contributed by atoms with E-state index in [1.807, 2.05) is 0 Å². The van der Waals surface area contributed by atoms with Crippen molar-refractivity contribution in [3.05, 3.63) is 0 Å². The first-order chi connectivity index (χ1) is 6.65. The minimum Gasteiger partial charge on any atom is -0.312 e. The zero-order valence-corrected chi connectivity index (χ0v) is 9.59. The lowest BCUT2D eigenvalue weighted by molar-refractivity contribution is 0.224. The molecule has 1 rings (SSSR count). The molecule has 14 heavy (non-hydrogen) atoms. The lowest BCUT2D eigenvalue weighted by Gasteiger charge is -2.28. The highest BCUT2D eigenvalue weighted by atomic mass is 15.2. The first-order valence-corrected chi connectivity index (χ1v) is 5.58. The number of nitrogens with one attached hydrogen (secondary N) is 1. The van der Waals surface area contributed by atoms with Crippen LogP contribution in [0.4, 0.5) is 0 Å². The van der Waals surface area contributed by atoms with Crippen LogP contribution in [0, 0.1) is 18.3 Å². The second-order valence-electron chi connectivity index (χ2n) is 4.50. The van der Waals surface area contributed by atoms with Gasteiger partial charge in [0.05, 0.1) is 6.04 Å². The molecule has 0 bridgehead atoms. The van der Waals surface area contributed by atoms with Crippen molar-refractivity contribution in [1.29, 1.82) is 0 Å². The van der Waals surface area contributed by atoms with Crippen molar-refractivity contribution in [1.82, 2.24) is 10.2 Å². The Hall–Kier alpha value is -0.520. The molecule has 2 nitrogen and oxygen atoms in total. The topological polar surface area (TPSA) is 15.3 Å². The Morgan fingerprint density at radius 1 is 1.43 bits per heavy atom. The third-order valence-electron chi connectivity index (χ3n) is 3.05. The van der Waals surface area contributed by atoms with E-state index in [0.717, 1.165) is 19.6 Å². The van der Waals surface area contributed by atoms with E-state index in [0.29, 0.717) is 12.0 Å². The molecule has 2 atom stereocenters. The normalized spacial score (nSPS) is 26.9. The summed E-state index contributed by atoms with van der Waals surface area (Å²) in [5.74, 6) is 3.50. The maximum Gasteiger partial charge on any atom is 0.0683 e. The van der Waals surface area contributed by atoms with Crippen molar-refractivity contribution in [2.24, 2.45) is 5.92 Å². The van der Waals surface area contributed by atoms with Crippen LogP contribution in [0.2, 0.25) is 0 Å². The van der Waals surface area contributed by atoms with Crippen molar-refractivity contribution < 1.29 is 0 Å². The molecule has 1 aliphatic rings. The molecule has 0 amide bonds. The van der Waals surface area contributed by atoms with Gasteiger partial charge in [0.2, 0.25) is 0 Å². The number of hydrogen-bond acceptors (Lipinski definition) is 2. The maximum atomic E-state index is 5.46. The molecule has 0 aromatic heterocycles. The summed E-state index contributed by atoms with van der Waals surface area (Å²) in [4.78, 5) is 2.41. The molecule has 2 unspecified atom stereocenters. The van der Waals surface area contributed by atoms with E-state index < -0.39 is 0 Å². The van der Waals surface area contributed by atoms with Gasteiger partial charge in [-0.25, -0.2) is 0 Å². The molecule has 0 saturated carbocycles. The summed E-state index contributed by atoms with van der Waals surface area (Å²) in [6.45, 7) is 9.98. The van der Waals surface area contributed by atoms with Crippen LogP contribution in [-0.4, -0.2) is 36.6 Å². The van der Waals surface area contributed by atoms with Crippen LogP contribution < -0.4 is 5.32 Å². The second kappa shape index (κ2) is 5.38. The highest BCUT2D eigenvalue weighted by Crippen LogP contribution is 2.10. The predicted octanol–water partition coefficient (Wildman–Crippen LogP) is 1.33. The van der Waals surface area contributed by atoms with E-state index in [4.69, 9.17) is 6.42 Å². The molecule has 1 N–H and O–H groups in total. The van der Waals surface area contributed by atoms with Crippen molar-refractivity contribution >= 4 is 0 Å². The van der Waals surface area contributed by atoms with Crippen LogP contribution in [0.5, 0.6) is 0 Å². The lowest BCUT2D eigenvalue weighted by Crippen LogP contribution is -2.43. The molecule has 0 radical (unpaired) electrons. The first-order valence-electron chi connectivity index (χ1n) is 5.58. The van der Waals surface area contributed by atoms with Crippen molar-refractivity contribution in [2.45, 2.75) is 39.3 Å². The smallest absolute Gasteiger partial charge is 0.0683 e. The molecule has 0 aliphatic carbocycles. The number of nitrogens with zero attached hydrogens (tertiary/aromatic N) is 1. The van der Waals surface area contributed by atoms with Gasteiger partial charge < -0.3 is 5.32 Å². The highest BCUT2D eigenvalue weighted by Gasteiger charge is 2.22. The number of terminal acetylenes is 1. The summed E-state index contributed by atoms with van der Waals surface area (Å²) < 4.78 is 0. The van der Waals surface area contributed by atoms with Crippen LogP contribution in [0.25, 0.3) is 0 Å². The highest BCUT2D eigenvalue weighted by molar-refractivity contribution is 4.98. The fourth-order valence-corrected chi connectivity index (χ4v) is 1.88. The van der Waals surface area contributed by atoms with E-state index in [-0.39, 0.29) is 6.04 Å². The Labute approximate surface area is 88.1 Å². The second-order valence-corrected chi connectivity index (χ2v) is 4.50. The van der Waals surface area contributed by atoms with Crippen molar-refractivity contribution in [2.75, 3.05) is 19.6 Å². The molecule has 1 aliphatic heterocycles. The van der Waals surface area contributed by atoms with Gasteiger partial charge in [0.25, 0.3) is 0 Å². The molecular formula is C12H22N2. The van der Waals surface area contributed by atoms with E-state index in [1.54, 1.807) is 0 Å². The van der Waals surface area contributed by atoms with Gasteiger partial charge in [-0.15, -0.1) is 6.42 Å². The van der Waals surface area contributed by atoms with Crippen LogP contribution in [0.1, 0.15) is 27.2 Å². The number of rotatable bonds is 2.